The van der Waals surface area contributed by atoms with Gasteiger partial charge in [-0.1, -0.05) is 69.3 Å². The van der Waals surface area contributed by atoms with Crippen LogP contribution in [0.25, 0.3) is 0 Å². The fourth-order valence-corrected chi connectivity index (χ4v) is 10.6. The van der Waals surface area contributed by atoms with Crippen LogP contribution in [0.3, 0.4) is 0 Å². The highest BCUT2D eigenvalue weighted by Gasteiger charge is 2.82. The molecule has 56 heavy (non-hydrogen) atoms. The number of rotatable bonds is 8. The van der Waals surface area contributed by atoms with Crippen molar-refractivity contribution >= 4 is 29.8 Å². The molecule has 6 unspecified atom stereocenters. The second-order valence-electron chi connectivity index (χ2n) is 17.8. The van der Waals surface area contributed by atoms with Gasteiger partial charge in [-0.2, -0.15) is 0 Å². The van der Waals surface area contributed by atoms with Gasteiger partial charge in [0.2, 0.25) is 0 Å². The van der Waals surface area contributed by atoms with E-state index in [0.29, 0.717) is 29.7 Å². The van der Waals surface area contributed by atoms with Gasteiger partial charge in [-0.25, -0.2) is 9.59 Å². The van der Waals surface area contributed by atoms with Gasteiger partial charge in [-0.3, -0.25) is 14.4 Å². The average molecular weight is 772 g/mol. The first-order chi connectivity index (χ1) is 26.3. The second-order valence-corrected chi connectivity index (χ2v) is 17.8. The number of ether oxygens (including phenoxy) is 5. The first-order valence-electron chi connectivity index (χ1n) is 19.6. The summed E-state index contributed by atoms with van der Waals surface area (Å²) in [4.78, 5) is 69.3. The summed E-state index contributed by atoms with van der Waals surface area (Å²) in [5, 5.41) is 16.3. The summed E-state index contributed by atoms with van der Waals surface area (Å²) in [6, 6.07) is 16.6. The smallest absolute Gasteiger partial charge is 0.408 e. The molecule has 2 aromatic rings. The molecule has 4 fully saturated rings. The van der Waals surface area contributed by atoms with Crippen molar-refractivity contribution in [2.75, 3.05) is 6.61 Å². The third-order valence-electron chi connectivity index (χ3n) is 13.3. The molecule has 5 aliphatic rings. The minimum atomic E-state index is -1.94. The van der Waals surface area contributed by atoms with Crippen molar-refractivity contribution in [3.8, 4) is 0 Å². The Balaban J connectivity index is 1.32. The highest BCUT2D eigenvalue weighted by atomic mass is 16.6. The standard InChI is InChI=1S/C44H53NO11/c1-23-32(54-33(47)20-30(26-15-11-9-12-16-26)45-40(50)56-41(4,5)6)21-43(51)38(55-39(49)27-17-13-10-14-18-27)35-28-22-52-31(28)19-29-24(2)44(29,35)37(48)36(53-25(3)46)34(23)42(43,7)8/h9-18,24,28-32,35-36,38,51H,19-22H2,1-8H3,(H,45,50)/t24?,28?,29?,30-,31-,32+,35?,36-,38?,43-,44?/m1/s1. The Morgan fingerprint density at radius 3 is 2.21 bits per heavy atom. The predicted molar refractivity (Wildman–Crippen MR) is 202 cm³/mol. The number of alkyl carbamates (subject to hydrolysis) is 1. The third kappa shape index (κ3) is 6.52. The number of ketones is 1. The first-order valence-corrected chi connectivity index (χ1v) is 19.6. The monoisotopic (exact) mass is 771 g/mol. The Bertz CT molecular complexity index is 1940. The van der Waals surface area contributed by atoms with Gasteiger partial charge in [0.1, 0.15) is 23.4 Å². The Morgan fingerprint density at radius 2 is 1.62 bits per heavy atom. The van der Waals surface area contributed by atoms with Gasteiger partial charge in [-0.15, -0.1) is 0 Å². The molecular formula is C44H53NO11. The van der Waals surface area contributed by atoms with Crippen molar-refractivity contribution in [1.82, 2.24) is 5.32 Å². The summed E-state index contributed by atoms with van der Waals surface area (Å²) >= 11 is 0. The molecule has 0 radical (unpaired) electrons. The normalized spacial score (nSPS) is 34.4. The molecule has 2 bridgehead atoms. The van der Waals surface area contributed by atoms with Crippen LogP contribution >= 0.6 is 0 Å². The highest BCUT2D eigenvalue weighted by Crippen LogP contribution is 2.76. The van der Waals surface area contributed by atoms with E-state index < -0.39 is 76.3 Å². The van der Waals surface area contributed by atoms with E-state index in [1.165, 1.54) is 6.92 Å². The molecule has 12 nitrogen and oxygen atoms in total. The minimum absolute atomic E-state index is 0.148. The van der Waals surface area contributed by atoms with E-state index in [-0.39, 0.29) is 48.0 Å². The van der Waals surface area contributed by atoms with E-state index >= 15 is 4.79 Å². The van der Waals surface area contributed by atoms with Crippen molar-refractivity contribution in [2.45, 2.75) is 116 Å². The average Bonchev–Trinajstić information content (AvgIpc) is 3.71. The molecule has 3 saturated carbocycles. The maximum Gasteiger partial charge on any atom is 0.408 e. The Hall–Kier alpha value is -4.55. The van der Waals surface area contributed by atoms with Gasteiger partial charge >= 0.3 is 24.0 Å². The molecule has 300 valence electrons. The molecular weight excluding hydrogens is 718 g/mol. The largest absolute Gasteiger partial charge is 0.458 e. The third-order valence-corrected chi connectivity index (χ3v) is 13.3. The summed E-state index contributed by atoms with van der Waals surface area (Å²) in [5.41, 5.74) is -3.44. The summed E-state index contributed by atoms with van der Waals surface area (Å²) in [7, 11) is 0. The Labute approximate surface area is 327 Å². The molecule has 12 heteroatoms. The molecule has 0 aromatic heterocycles. The SMILES string of the molecule is CC(=O)O[C@H]1C(=O)C23C(C)C2C[C@H]2OCC2C3C(OC(=O)c2ccccc2)[C@]2(O)C[C@H](OC(=O)C[C@@H](NC(=O)OC(C)(C)C)c3ccccc3)C(C)=C1C2(C)C. The summed E-state index contributed by atoms with van der Waals surface area (Å²) in [5.74, 6) is -3.57. The number of carbonyl (C=O) groups excluding carboxylic acids is 5. The van der Waals surface area contributed by atoms with E-state index in [2.05, 4.69) is 5.32 Å². The molecule has 11 atom stereocenters. The van der Waals surface area contributed by atoms with Gasteiger partial charge in [-0.05, 0) is 74.8 Å². The van der Waals surface area contributed by atoms with Crippen LogP contribution < -0.4 is 5.32 Å². The number of hydrogen-bond donors (Lipinski definition) is 2. The Morgan fingerprint density at radius 1 is 0.982 bits per heavy atom. The van der Waals surface area contributed by atoms with Crippen LogP contribution in [-0.2, 0) is 38.1 Å². The number of aliphatic hydroxyl groups is 1. The van der Waals surface area contributed by atoms with E-state index in [1.807, 2.05) is 13.0 Å². The number of esters is 3. The zero-order valence-electron chi connectivity index (χ0n) is 33.3. The number of benzene rings is 2. The zero-order valence-corrected chi connectivity index (χ0v) is 33.3. The molecule has 2 aromatic carbocycles. The zero-order chi connectivity index (χ0) is 40.5. The molecule has 1 heterocycles. The molecule has 1 amide bonds. The van der Waals surface area contributed by atoms with Gasteiger partial charge < -0.3 is 34.1 Å². The molecule has 4 aliphatic carbocycles. The van der Waals surface area contributed by atoms with Gasteiger partial charge in [0, 0.05) is 36.0 Å². The van der Waals surface area contributed by atoms with Crippen LogP contribution in [0.15, 0.2) is 71.8 Å². The maximum absolute atomic E-state index is 15.4. The van der Waals surface area contributed by atoms with Gasteiger partial charge in [0.05, 0.1) is 30.7 Å². The van der Waals surface area contributed by atoms with E-state index in [4.69, 9.17) is 23.7 Å². The number of hydrogen-bond acceptors (Lipinski definition) is 11. The molecule has 7 rings (SSSR count). The molecule has 1 spiro atoms. The number of Topliss-reactive ketones (excluding diaryl/α,β-unsaturated/α-hetero) is 1. The quantitative estimate of drug-likeness (QED) is 0.182. The molecule has 1 aliphatic heterocycles. The summed E-state index contributed by atoms with van der Waals surface area (Å²) in [6.07, 6.45) is -4.54. The maximum atomic E-state index is 15.4. The van der Waals surface area contributed by atoms with Crippen LogP contribution in [-0.4, -0.2) is 77.1 Å². The summed E-state index contributed by atoms with van der Waals surface area (Å²) in [6.45, 7) is 14.0. The summed E-state index contributed by atoms with van der Waals surface area (Å²) < 4.78 is 30.3. The number of carbonyl (C=O) groups is 5. The van der Waals surface area contributed by atoms with E-state index in [9.17, 15) is 24.3 Å². The van der Waals surface area contributed by atoms with Crippen LogP contribution in [0, 0.1) is 34.5 Å². The molecule has 1 saturated heterocycles. The van der Waals surface area contributed by atoms with E-state index in [0.717, 1.165) is 0 Å². The van der Waals surface area contributed by atoms with Crippen molar-refractivity contribution < 1.29 is 52.8 Å². The lowest BCUT2D eigenvalue weighted by Crippen LogP contribution is -2.71. The minimum Gasteiger partial charge on any atom is -0.458 e. The van der Waals surface area contributed by atoms with E-state index in [1.54, 1.807) is 96.1 Å². The lowest BCUT2D eigenvalue weighted by molar-refractivity contribution is -0.249. The fourth-order valence-electron chi connectivity index (χ4n) is 10.6. The van der Waals surface area contributed by atoms with Crippen molar-refractivity contribution in [3.63, 3.8) is 0 Å². The van der Waals surface area contributed by atoms with Gasteiger partial charge in [0.25, 0.3) is 0 Å². The first kappa shape index (κ1) is 39.7. The Kier molecular flexibility index (Phi) is 10.0. The predicted octanol–water partition coefficient (Wildman–Crippen LogP) is 6.06. The lowest BCUT2D eigenvalue weighted by atomic mass is 9.49. The number of amides is 1. The van der Waals surface area contributed by atoms with Crippen LogP contribution in [0.1, 0.15) is 96.6 Å². The molecule has 2 N–H and O–H groups in total. The van der Waals surface area contributed by atoms with Crippen LogP contribution in [0.2, 0.25) is 0 Å². The number of nitrogens with one attached hydrogen (secondary N) is 1. The lowest BCUT2D eigenvalue weighted by Gasteiger charge is -2.61. The number of fused-ring (bicyclic) bond motifs is 4. The second kappa shape index (κ2) is 14.1. The topological polar surface area (TPSA) is 164 Å². The van der Waals surface area contributed by atoms with Crippen molar-refractivity contribution in [1.29, 1.82) is 0 Å². The van der Waals surface area contributed by atoms with Crippen molar-refractivity contribution in [2.24, 2.45) is 34.5 Å². The van der Waals surface area contributed by atoms with Crippen molar-refractivity contribution in [3.05, 3.63) is 82.9 Å². The van der Waals surface area contributed by atoms with Crippen LogP contribution in [0.4, 0.5) is 4.79 Å². The fraction of sp³-hybridized carbons (Fsp3) is 0.568. The van der Waals surface area contributed by atoms with Crippen LogP contribution in [0.5, 0.6) is 0 Å². The van der Waals surface area contributed by atoms with Gasteiger partial charge in [0.15, 0.2) is 11.9 Å². The highest BCUT2D eigenvalue weighted by molar-refractivity contribution is 5.98.